The SMILES string of the molecule is CC(C)CCOCCNC(=O)N(C)C1COCC1C(=O)O. The van der Waals surface area contributed by atoms with Crippen molar-refractivity contribution in [1.82, 2.24) is 10.2 Å². The molecule has 1 aliphatic rings. The van der Waals surface area contributed by atoms with Crippen LogP contribution in [0.4, 0.5) is 4.79 Å². The van der Waals surface area contributed by atoms with E-state index >= 15 is 0 Å². The maximum Gasteiger partial charge on any atom is 0.317 e. The summed E-state index contributed by atoms with van der Waals surface area (Å²) in [4.78, 5) is 24.4. The van der Waals surface area contributed by atoms with E-state index in [1.54, 1.807) is 7.05 Å². The van der Waals surface area contributed by atoms with E-state index in [1.807, 2.05) is 0 Å². The van der Waals surface area contributed by atoms with Crippen LogP contribution in [0.3, 0.4) is 0 Å². The Morgan fingerprint density at radius 2 is 2.10 bits per heavy atom. The number of nitrogens with zero attached hydrogens (tertiary/aromatic N) is 1. The smallest absolute Gasteiger partial charge is 0.317 e. The number of carbonyl (C=O) groups is 2. The Morgan fingerprint density at radius 3 is 2.71 bits per heavy atom. The summed E-state index contributed by atoms with van der Waals surface area (Å²) in [6, 6.07) is -0.728. The third-order valence-corrected chi connectivity index (χ3v) is 3.55. The van der Waals surface area contributed by atoms with E-state index in [2.05, 4.69) is 19.2 Å². The van der Waals surface area contributed by atoms with Crippen LogP contribution >= 0.6 is 0 Å². The number of aliphatic carboxylic acids is 1. The molecular weight excluding hydrogens is 276 g/mol. The molecule has 1 rings (SSSR count). The molecule has 0 aromatic carbocycles. The lowest BCUT2D eigenvalue weighted by Crippen LogP contribution is -2.48. The van der Waals surface area contributed by atoms with Crippen LogP contribution in [-0.4, -0.2) is 68.1 Å². The largest absolute Gasteiger partial charge is 0.481 e. The molecule has 2 amide bonds. The maximum atomic E-state index is 11.9. The number of carboxylic acids is 1. The van der Waals surface area contributed by atoms with E-state index in [0.717, 1.165) is 6.42 Å². The fourth-order valence-corrected chi connectivity index (χ4v) is 2.09. The van der Waals surface area contributed by atoms with Crippen LogP contribution in [-0.2, 0) is 14.3 Å². The molecule has 1 aliphatic heterocycles. The molecular formula is C14H26N2O5. The van der Waals surface area contributed by atoms with Crippen molar-refractivity contribution in [2.75, 3.05) is 40.0 Å². The van der Waals surface area contributed by atoms with Gasteiger partial charge in [0.05, 0.1) is 25.9 Å². The summed E-state index contributed by atoms with van der Waals surface area (Å²) in [5, 5.41) is 11.8. The van der Waals surface area contributed by atoms with E-state index < -0.39 is 17.9 Å². The van der Waals surface area contributed by atoms with Crippen molar-refractivity contribution in [3.63, 3.8) is 0 Å². The monoisotopic (exact) mass is 302 g/mol. The highest BCUT2D eigenvalue weighted by atomic mass is 16.5. The quantitative estimate of drug-likeness (QED) is 0.647. The van der Waals surface area contributed by atoms with Crippen LogP contribution in [0.25, 0.3) is 0 Å². The first-order chi connectivity index (χ1) is 9.93. The number of hydrogen-bond donors (Lipinski definition) is 2. The van der Waals surface area contributed by atoms with Crippen LogP contribution in [0.1, 0.15) is 20.3 Å². The lowest BCUT2D eigenvalue weighted by molar-refractivity contribution is -0.142. The minimum atomic E-state index is -0.936. The van der Waals surface area contributed by atoms with Crippen LogP contribution < -0.4 is 5.32 Å². The minimum absolute atomic E-state index is 0.149. The first-order valence-electron chi connectivity index (χ1n) is 7.32. The molecule has 0 aromatic rings. The second-order valence-electron chi connectivity index (χ2n) is 5.69. The van der Waals surface area contributed by atoms with Gasteiger partial charge in [0.25, 0.3) is 0 Å². The van der Waals surface area contributed by atoms with Gasteiger partial charge in [0.2, 0.25) is 0 Å². The van der Waals surface area contributed by atoms with Gasteiger partial charge in [-0.05, 0) is 12.3 Å². The van der Waals surface area contributed by atoms with Crippen LogP contribution in [0.5, 0.6) is 0 Å². The van der Waals surface area contributed by atoms with Gasteiger partial charge in [-0.25, -0.2) is 4.79 Å². The summed E-state index contributed by atoms with van der Waals surface area (Å²) in [5.41, 5.74) is 0. The molecule has 0 bridgehead atoms. The minimum Gasteiger partial charge on any atom is -0.481 e. The molecule has 1 fully saturated rings. The highest BCUT2D eigenvalue weighted by Gasteiger charge is 2.38. The zero-order valence-electron chi connectivity index (χ0n) is 13.0. The molecule has 2 atom stereocenters. The molecule has 7 heteroatoms. The van der Waals surface area contributed by atoms with E-state index in [-0.39, 0.29) is 19.2 Å². The van der Waals surface area contributed by atoms with Crippen molar-refractivity contribution in [2.24, 2.45) is 11.8 Å². The second kappa shape index (κ2) is 8.84. The Bertz CT molecular complexity index is 348. The van der Waals surface area contributed by atoms with E-state index in [1.165, 1.54) is 4.90 Å². The average molecular weight is 302 g/mol. The van der Waals surface area contributed by atoms with Gasteiger partial charge < -0.3 is 24.8 Å². The van der Waals surface area contributed by atoms with Gasteiger partial charge in [-0.15, -0.1) is 0 Å². The Hall–Kier alpha value is -1.34. The Labute approximate surface area is 125 Å². The lowest BCUT2D eigenvalue weighted by atomic mass is 10.0. The fourth-order valence-electron chi connectivity index (χ4n) is 2.09. The van der Waals surface area contributed by atoms with Gasteiger partial charge >= 0.3 is 12.0 Å². The summed E-state index contributed by atoms with van der Waals surface area (Å²) in [6.07, 6.45) is 0.994. The highest BCUT2D eigenvalue weighted by Crippen LogP contribution is 2.18. The number of carbonyl (C=O) groups excluding carboxylic acids is 1. The normalized spacial score (nSPS) is 21.5. The number of hydrogen-bond acceptors (Lipinski definition) is 4. The van der Waals surface area contributed by atoms with Crippen molar-refractivity contribution in [1.29, 1.82) is 0 Å². The topological polar surface area (TPSA) is 88.1 Å². The van der Waals surface area contributed by atoms with Gasteiger partial charge in [-0.2, -0.15) is 0 Å². The number of carboxylic acid groups (broad SMARTS) is 1. The van der Waals surface area contributed by atoms with Crippen molar-refractivity contribution in [3.05, 3.63) is 0 Å². The maximum absolute atomic E-state index is 11.9. The molecule has 0 spiro atoms. The molecule has 0 radical (unpaired) electrons. The lowest BCUT2D eigenvalue weighted by Gasteiger charge is -2.26. The number of urea groups is 1. The molecule has 1 heterocycles. The van der Waals surface area contributed by atoms with Gasteiger partial charge in [0.1, 0.15) is 5.92 Å². The number of amides is 2. The summed E-state index contributed by atoms with van der Waals surface area (Å²) in [7, 11) is 1.59. The third kappa shape index (κ3) is 5.89. The van der Waals surface area contributed by atoms with Crippen molar-refractivity contribution >= 4 is 12.0 Å². The second-order valence-corrected chi connectivity index (χ2v) is 5.69. The number of ether oxygens (including phenoxy) is 2. The predicted molar refractivity (Wildman–Crippen MR) is 77.2 cm³/mol. The zero-order chi connectivity index (χ0) is 15.8. The molecule has 7 nitrogen and oxygen atoms in total. The summed E-state index contributed by atoms with van der Waals surface area (Å²) in [6.45, 7) is 6.20. The van der Waals surface area contributed by atoms with Crippen LogP contribution in [0.15, 0.2) is 0 Å². The number of likely N-dealkylation sites (N-methyl/N-ethyl adjacent to an activating group) is 1. The first-order valence-corrected chi connectivity index (χ1v) is 7.32. The van der Waals surface area contributed by atoms with Crippen LogP contribution in [0.2, 0.25) is 0 Å². The van der Waals surface area contributed by atoms with E-state index in [4.69, 9.17) is 14.6 Å². The number of rotatable bonds is 8. The van der Waals surface area contributed by atoms with Gasteiger partial charge in [0, 0.05) is 20.2 Å². The molecule has 122 valence electrons. The number of nitrogens with one attached hydrogen (secondary N) is 1. The van der Waals surface area contributed by atoms with Gasteiger partial charge in [-0.3, -0.25) is 4.79 Å². The Balaban J connectivity index is 2.23. The summed E-state index contributed by atoms with van der Waals surface area (Å²) >= 11 is 0. The molecule has 2 N–H and O–H groups in total. The Morgan fingerprint density at radius 1 is 1.38 bits per heavy atom. The summed E-state index contributed by atoms with van der Waals surface area (Å²) < 4.78 is 10.6. The average Bonchev–Trinajstić information content (AvgIpc) is 2.90. The molecule has 0 saturated carbocycles. The summed E-state index contributed by atoms with van der Waals surface area (Å²) in [5.74, 6) is -1.00. The van der Waals surface area contributed by atoms with Gasteiger partial charge in [0.15, 0.2) is 0 Å². The standard InChI is InChI=1S/C14H26N2O5/c1-10(2)4-6-20-7-5-15-14(19)16(3)12-9-21-8-11(12)13(17)18/h10-12H,4-9H2,1-3H3,(H,15,19)(H,17,18). The van der Waals surface area contributed by atoms with Gasteiger partial charge in [-0.1, -0.05) is 13.8 Å². The molecule has 0 aliphatic carbocycles. The zero-order valence-corrected chi connectivity index (χ0v) is 13.0. The van der Waals surface area contributed by atoms with Crippen molar-refractivity contribution < 1.29 is 24.2 Å². The molecule has 1 saturated heterocycles. The molecule has 2 unspecified atom stereocenters. The van der Waals surface area contributed by atoms with Crippen molar-refractivity contribution in [3.8, 4) is 0 Å². The van der Waals surface area contributed by atoms with E-state index in [0.29, 0.717) is 25.7 Å². The van der Waals surface area contributed by atoms with Crippen LogP contribution in [0, 0.1) is 11.8 Å². The predicted octanol–water partition coefficient (Wildman–Crippen LogP) is 0.790. The van der Waals surface area contributed by atoms with Crippen molar-refractivity contribution in [2.45, 2.75) is 26.3 Å². The Kier molecular flexibility index (Phi) is 7.45. The first kappa shape index (κ1) is 17.7. The highest BCUT2D eigenvalue weighted by molar-refractivity contribution is 5.77. The molecule has 0 aromatic heterocycles. The fraction of sp³-hybridized carbons (Fsp3) is 0.857. The molecule has 21 heavy (non-hydrogen) atoms. The third-order valence-electron chi connectivity index (χ3n) is 3.55. The van der Waals surface area contributed by atoms with E-state index in [9.17, 15) is 9.59 Å².